The summed E-state index contributed by atoms with van der Waals surface area (Å²) in [4.78, 5) is 11.7. The lowest BCUT2D eigenvalue weighted by Gasteiger charge is -2.21. The molecule has 0 bridgehead atoms. The summed E-state index contributed by atoms with van der Waals surface area (Å²) in [5.41, 5.74) is 0. The van der Waals surface area contributed by atoms with E-state index in [4.69, 9.17) is 4.74 Å². The maximum absolute atomic E-state index is 11.7. The fourth-order valence-corrected chi connectivity index (χ4v) is 2.76. The Morgan fingerprint density at radius 3 is 3.11 bits per heavy atom. The molecule has 0 saturated carbocycles. The molecule has 1 aromatic rings. The van der Waals surface area contributed by atoms with Gasteiger partial charge >= 0.3 is 0 Å². The number of carbonyl (C=O) groups is 1. The van der Waals surface area contributed by atoms with Gasteiger partial charge in [0.05, 0.1) is 0 Å². The number of hydrogen-bond acceptors (Lipinski definition) is 5. The summed E-state index contributed by atoms with van der Waals surface area (Å²) in [5, 5.41) is 12.9. The van der Waals surface area contributed by atoms with E-state index in [1.165, 1.54) is 0 Å². The van der Waals surface area contributed by atoms with Crippen molar-refractivity contribution in [3.63, 3.8) is 0 Å². The Hall–Kier alpha value is -1.01. The minimum Gasteiger partial charge on any atom is -0.381 e. The first-order valence-electron chi connectivity index (χ1n) is 6.37. The average Bonchev–Trinajstić information content (AvgIpc) is 2.76. The van der Waals surface area contributed by atoms with Crippen LogP contribution in [0.5, 0.6) is 0 Å². The van der Waals surface area contributed by atoms with Crippen LogP contribution in [0.3, 0.4) is 0 Å². The Morgan fingerprint density at radius 2 is 2.44 bits per heavy atom. The van der Waals surface area contributed by atoms with Crippen molar-refractivity contribution < 1.29 is 9.53 Å². The number of hydrogen-bond donors (Lipinski definition) is 1. The Balaban J connectivity index is 1.62. The molecule has 1 aliphatic heterocycles. The Bertz CT molecular complexity index is 388. The van der Waals surface area contributed by atoms with Gasteiger partial charge in [-0.3, -0.25) is 4.79 Å². The molecule has 0 spiro atoms. The van der Waals surface area contributed by atoms with E-state index in [0.29, 0.717) is 18.9 Å². The molecule has 1 aliphatic rings. The second-order valence-corrected chi connectivity index (χ2v) is 5.87. The van der Waals surface area contributed by atoms with Crippen LogP contribution in [0, 0.1) is 12.8 Å². The molecular weight excluding hydrogens is 250 g/mol. The fourth-order valence-electron chi connectivity index (χ4n) is 2.05. The molecule has 1 aromatic heterocycles. The van der Waals surface area contributed by atoms with Gasteiger partial charge in [0.15, 0.2) is 0 Å². The smallest absolute Gasteiger partial charge is 0.220 e. The van der Waals surface area contributed by atoms with Crippen LogP contribution in [0.4, 0.5) is 0 Å². The lowest BCUT2D eigenvalue weighted by molar-refractivity contribution is -0.123. The van der Waals surface area contributed by atoms with Gasteiger partial charge in [0.25, 0.3) is 0 Å². The summed E-state index contributed by atoms with van der Waals surface area (Å²) in [6.45, 7) is 4.14. The van der Waals surface area contributed by atoms with Crippen LogP contribution in [0.1, 0.15) is 29.3 Å². The molecule has 0 aliphatic carbocycles. The molecule has 0 unspecified atom stereocenters. The van der Waals surface area contributed by atoms with E-state index in [1.807, 2.05) is 6.92 Å². The summed E-state index contributed by atoms with van der Waals surface area (Å²) >= 11 is 1.58. The number of aromatic nitrogens is 2. The molecule has 6 heteroatoms. The lowest BCUT2D eigenvalue weighted by Crippen LogP contribution is -2.30. The van der Waals surface area contributed by atoms with E-state index in [0.717, 1.165) is 42.5 Å². The number of nitrogens with zero attached hydrogens (tertiary/aromatic N) is 2. The van der Waals surface area contributed by atoms with Gasteiger partial charge in [-0.1, -0.05) is 0 Å². The third-order valence-electron chi connectivity index (χ3n) is 2.96. The second-order valence-electron chi connectivity index (χ2n) is 4.60. The van der Waals surface area contributed by atoms with Gasteiger partial charge in [0, 0.05) is 32.6 Å². The average molecular weight is 269 g/mol. The van der Waals surface area contributed by atoms with Crippen LogP contribution in [-0.4, -0.2) is 35.9 Å². The van der Waals surface area contributed by atoms with Crippen LogP contribution < -0.4 is 5.32 Å². The van der Waals surface area contributed by atoms with Gasteiger partial charge in [0.1, 0.15) is 10.0 Å². The summed E-state index contributed by atoms with van der Waals surface area (Å²) < 4.78 is 5.36. The van der Waals surface area contributed by atoms with Crippen LogP contribution in [0.15, 0.2) is 0 Å². The van der Waals surface area contributed by atoms with Crippen LogP contribution >= 0.6 is 11.3 Å². The topological polar surface area (TPSA) is 64.1 Å². The maximum Gasteiger partial charge on any atom is 0.220 e. The molecule has 1 fully saturated rings. The number of carbonyl (C=O) groups excluding carboxylic acids is 1. The van der Waals surface area contributed by atoms with Gasteiger partial charge in [-0.25, -0.2) is 0 Å². The molecule has 2 rings (SSSR count). The Kier molecular flexibility index (Phi) is 5.07. The predicted octanol–water partition coefficient (Wildman–Crippen LogP) is 1.32. The number of ether oxygens (including phenoxy) is 1. The predicted molar refractivity (Wildman–Crippen MR) is 69.5 cm³/mol. The highest BCUT2D eigenvalue weighted by Crippen LogP contribution is 2.16. The largest absolute Gasteiger partial charge is 0.381 e. The first-order valence-corrected chi connectivity index (χ1v) is 7.19. The van der Waals surface area contributed by atoms with E-state index in [2.05, 4.69) is 15.5 Å². The third kappa shape index (κ3) is 4.34. The number of aryl methyl sites for hydroxylation is 1. The summed E-state index contributed by atoms with van der Waals surface area (Å²) in [7, 11) is 0. The van der Waals surface area contributed by atoms with Crippen molar-refractivity contribution in [3.8, 4) is 0 Å². The second kappa shape index (κ2) is 6.80. The Labute approximate surface area is 111 Å². The van der Waals surface area contributed by atoms with Crippen molar-refractivity contribution >= 4 is 17.2 Å². The highest BCUT2D eigenvalue weighted by Gasteiger charge is 2.17. The molecule has 1 N–H and O–H groups in total. The standard InChI is InChI=1S/C12H19N3O2S/c1-9-14-15-12(18-9)4-5-13-11(16)7-10-3-2-6-17-8-10/h10H,2-8H2,1H3,(H,13,16)/t10-/m0/s1. The van der Waals surface area contributed by atoms with Crippen molar-refractivity contribution in [3.05, 3.63) is 10.0 Å². The molecule has 18 heavy (non-hydrogen) atoms. The lowest BCUT2D eigenvalue weighted by atomic mass is 9.98. The number of rotatable bonds is 5. The SMILES string of the molecule is Cc1nnc(CCNC(=O)C[C@@H]2CCCOC2)s1. The molecule has 1 saturated heterocycles. The zero-order chi connectivity index (χ0) is 12.8. The molecule has 2 heterocycles. The van der Waals surface area contributed by atoms with Gasteiger partial charge in [0.2, 0.25) is 5.91 Å². The molecule has 0 radical (unpaired) electrons. The number of amides is 1. The van der Waals surface area contributed by atoms with Crippen LogP contribution in [0.25, 0.3) is 0 Å². The van der Waals surface area contributed by atoms with Crippen molar-refractivity contribution in [2.24, 2.45) is 5.92 Å². The van der Waals surface area contributed by atoms with Crippen molar-refractivity contribution in [1.29, 1.82) is 0 Å². The molecule has 100 valence electrons. The summed E-state index contributed by atoms with van der Waals surface area (Å²) in [6.07, 6.45) is 3.51. The molecule has 1 atom stereocenters. The van der Waals surface area contributed by atoms with Crippen molar-refractivity contribution in [2.45, 2.75) is 32.6 Å². The minimum absolute atomic E-state index is 0.117. The summed E-state index contributed by atoms with van der Waals surface area (Å²) in [5.74, 6) is 0.509. The first-order chi connectivity index (χ1) is 8.74. The fraction of sp³-hybridized carbons (Fsp3) is 0.750. The van der Waals surface area contributed by atoms with Gasteiger partial charge < -0.3 is 10.1 Å². The normalized spacial score (nSPS) is 19.7. The maximum atomic E-state index is 11.7. The molecule has 5 nitrogen and oxygen atoms in total. The Morgan fingerprint density at radius 1 is 1.56 bits per heavy atom. The van der Waals surface area contributed by atoms with Crippen LogP contribution in [-0.2, 0) is 16.0 Å². The van der Waals surface area contributed by atoms with Gasteiger partial charge in [-0.15, -0.1) is 21.5 Å². The van der Waals surface area contributed by atoms with Gasteiger partial charge in [-0.2, -0.15) is 0 Å². The van der Waals surface area contributed by atoms with E-state index in [-0.39, 0.29) is 5.91 Å². The minimum atomic E-state index is 0.117. The molecule has 1 amide bonds. The summed E-state index contributed by atoms with van der Waals surface area (Å²) in [6, 6.07) is 0. The first kappa shape index (κ1) is 13.4. The highest BCUT2D eigenvalue weighted by molar-refractivity contribution is 7.11. The number of nitrogens with one attached hydrogen (secondary N) is 1. The zero-order valence-electron chi connectivity index (χ0n) is 10.6. The molecular formula is C12H19N3O2S. The highest BCUT2D eigenvalue weighted by atomic mass is 32.1. The third-order valence-corrected chi connectivity index (χ3v) is 3.86. The van der Waals surface area contributed by atoms with Crippen molar-refractivity contribution in [1.82, 2.24) is 15.5 Å². The van der Waals surface area contributed by atoms with Crippen molar-refractivity contribution in [2.75, 3.05) is 19.8 Å². The zero-order valence-corrected chi connectivity index (χ0v) is 11.5. The van der Waals surface area contributed by atoms with E-state index >= 15 is 0 Å². The van der Waals surface area contributed by atoms with E-state index in [1.54, 1.807) is 11.3 Å². The van der Waals surface area contributed by atoms with Crippen LogP contribution in [0.2, 0.25) is 0 Å². The van der Waals surface area contributed by atoms with Gasteiger partial charge in [-0.05, 0) is 25.7 Å². The molecule has 0 aromatic carbocycles. The quantitative estimate of drug-likeness (QED) is 0.875. The van der Waals surface area contributed by atoms with E-state index in [9.17, 15) is 4.79 Å². The monoisotopic (exact) mass is 269 g/mol. The van der Waals surface area contributed by atoms with E-state index < -0.39 is 0 Å².